The summed E-state index contributed by atoms with van der Waals surface area (Å²) in [4.78, 5) is 33.6. The van der Waals surface area contributed by atoms with Crippen LogP contribution in [0.25, 0.3) is 10.2 Å². The Balaban J connectivity index is 1.92. The highest BCUT2D eigenvalue weighted by molar-refractivity contribution is 7.21. The minimum Gasteiger partial charge on any atom is -0.383 e. The van der Waals surface area contributed by atoms with E-state index >= 15 is 0 Å². The lowest BCUT2D eigenvalue weighted by molar-refractivity contribution is 0.104. The average molecular weight is 329 g/mol. The highest BCUT2D eigenvalue weighted by atomic mass is 32.1. The molecule has 0 radical (unpaired) electrons. The van der Waals surface area contributed by atoms with Crippen molar-refractivity contribution < 1.29 is 4.79 Å². The molecular weight excluding hydrogens is 310 g/mol. The van der Waals surface area contributed by atoms with Crippen molar-refractivity contribution in [3.8, 4) is 0 Å². The van der Waals surface area contributed by atoms with Gasteiger partial charge in [-0.25, -0.2) is 4.98 Å². The van der Waals surface area contributed by atoms with E-state index in [0.717, 1.165) is 54.0 Å². The highest BCUT2D eigenvalue weighted by Gasteiger charge is 2.32. The Bertz CT molecular complexity index is 905. The molecule has 0 atom stereocenters. The molecule has 0 saturated heterocycles. The molecule has 120 valence electrons. The number of allylic oxidation sites excluding steroid dienone is 1. The van der Waals surface area contributed by atoms with Crippen molar-refractivity contribution >= 4 is 27.3 Å². The number of aromatic nitrogens is 2. The summed E-state index contributed by atoms with van der Waals surface area (Å²) < 4.78 is 1.83. The summed E-state index contributed by atoms with van der Waals surface area (Å²) in [6.07, 6.45) is 6.50. The maximum atomic E-state index is 13.0. The lowest BCUT2D eigenvalue weighted by Gasteiger charge is -2.09. The Morgan fingerprint density at radius 3 is 2.83 bits per heavy atom. The molecule has 1 aliphatic carbocycles. The maximum absolute atomic E-state index is 13.0. The highest BCUT2D eigenvalue weighted by Crippen LogP contribution is 2.37. The number of ketones is 1. The number of carbonyl (C=O) groups is 1. The van der Waals surface area contributed by atoms with Gasteiger partial charge in [0.25, 0.3) is 5.56 Å². The number of hydrogen-bond acceptors (Lipinski definition) is 5. The Labute approximate surface area is 138 Å². The van der Waals surface area contributed by atoms with E-state index in [9.17, 15) is 9.59 Å². The minimum absolute atomic E-state index is 0.0447. The van der Waals surface area contributed by atoms with Crippen molar-refractivity contribution in [3.05, 3.63) is 38.4 Å². The number of carbonyl (C=O) groups excluding carboxylic acids is 1. The Kier molecular flexibility index (Phi) is 3.37. The molecular formula is C17H19N3O2S. The predicted octanol–water partition coefficient (Wildman–Crippen LogP) is 2.37. The molecule has 3 heterocycles. The summed E-state index contributed by atoms with van der Waals surface area (Å²) in [5.74, 6) is 0.938. The molecule has 0 bridgehead atoms. The Morgan fingerprint density at radius 2 is 2.04 bits per heavy atom. The third kappa shape index (κ3) is 2.24. The van der Waals surface area contributed by atoms with Gasteiger partial charge in [-0.05, 0) is 18.4 Å². The fraction of sp³-hybridized carbons (Fsp3) is 0.471. The van der Waals surface area contributed by atoms with Crippen LogP contribution in [0.2, 0.25) is 0 Å². The van der Waals surface area contributed by atoms with Crippen LogP contribution < -0.4 is 5.56 Å². The first kappa shape index (κ1) is 14.6. The molecule has 0 spiro atoms. The summed E-state index contributed by atoms with van der Waals surface area (Å²) in [6, 6.07) is 0. The quantitative estimate of drug-likeness (QED) is 0.754. The van der Waals surface area contributed by atoms with Crippen molar-refractivity contribution in [2.45, 2.75) is 38.6 Å². The molecule has 2 aromatic rings. The van der Waals surface area contributed by atoms with E-state index in [4.69, 9.17) is 4.98 Å². The summed E-state index contributed by atoms with van der Waals surface area (Å²) in [6.45, 7) is 0.746. The normalized spacial score (nSPS) is 19.0. The molecule has 0 saturated carbocycles. The summed E-state index contributed by atoms with van der Waals surface area (Å²) in [5.41, 5.74) is 1.70. The van der Waals surface area contributed by atoms with Crippen molar-refractivity contribution in [3.63, 3.8) is 0 Å². The Morgan fingerprint density at radius 1 is 1.22 bits per heavy atom. The monoisotopic (exact) mass is 329 g/mol. The second kappa shape index (κ2) is 5.30. The lowest BCUT2D eigenvalue weighted by Crippen LogP contribution is -2.24. The molecule has 0 fully saturated rings. The van der Waals surface area contributed by atoms with Crippen molar-refractivity contribution in [2.24, 2.45) is 0 Å². The number of Topliss-reactive ketones (excluding diaryl/α,β-unsaturated/α-hetero) is 1. The first-order valence-electron chi connectivity index (χ1n) is 8.03. The number of nitrogens with zero attached hydrogens (tertiary/aromatic N) is 3. The third-order valence-corrected chi connectivity index (χ3v) is 5.68. The average Bonchev–Trinajstić information content (AvgIpc) is 2.86. The van der Waals surface area contributed by atoms with Gasteiger partial charge in [0.1, 0.15) is 10.7 Å². The SMILES string of the molecule is CN(C)/C=C1/Cc2c(sc3nc4n(c(=O)c23)CCCCC4)C1=O. The molecule has 0 aromatic carbocycles. The summed E-state index contributed by atoms with van der Waals surface area (Å²) in [7, 11) is 3.81. The van der Waals surface area contributed by atoms with Gasteiger partial charge < -0.3 is 4.90 Å². The fourth-order valence-electron chi connectivity index (χ4n) is 3.52. The zero-order valence-electron chi connectivity index (χ0n) is 13.4. The van der Waals surface area contributed by atoms with Crippen molar-refractivity contribution in [1.29, 1.82) is 0 Å². The van der Waals surface area contributed by atoms with Crippen LogP contribution in [0.3, 0.4) is 0 Å². The van der Waals surface area contributed by atoms with Gasteiger partial charge >= 0.3 is 0 Å². The minimum atomic E-state index is 0.0447. The van der Waals surface area contributed by atoms with Crippen LogP contribution in [0.5, 0.6) is 0 Å². The van der Waals surface area contributed by atoms with E-state index < -0.39 is 0 Å². The standard InChI is InChI=1S/C17H19N3O2S/c1-19(2)9-10-8-11-13-16(23-15(11)14(10)21)18-12-6-4-3-5-7-20(12)17(13)22/h9H,3-8H2,1-2H3/b10-9-. The van der Waals surface area contributed by atoms with Crippen molar-refractivity contribution in [2.75, 3.05) is 14.1 Å². The maximum Gasteiger partial charge on any atom is 0.262 e. The van der Waals surface area contributed by atoms with E-state index in [0.29, 0.717) is 16.7 Å². The molecule has 6 heteroatoms. The Hall–Kier alpha value is -1.95. The molecule has 2 aromatic heterocycles. The third-order valence-electron chi connectivity index (χ3n) is 4.55. The molecule has 23 heavy (non-hydrogen) atoms. The van der Waals surface area contributed by atoms with Gasteiger partial charge in [-0.3, -0.25) is 14.2 Å². The summed E-state index contributed by atoms with van der Waals surface area (Å²) in [5, 5.41) is 0.672. The molecule has 0 N–H and O–H groups in total. The fourth-order valence-corrected chi connectivity index (χ4v) is 4.69. The van der Waals surface area contributed by atoms with Crippen LogP contribution in [0.1, 0.15) is 40.3 Å². The largest absolute Gasteiger partial charge is 0.383 e. The lowest BCUT2D eigenvalue weighted by atomic mass is 10.1. The summed E-state index contributed by atoms with van der Waals surface area (Å²) >= 11 is 1.39. The van der Waals surface area contributed by atoms with E-state index in [-0.39, 0.29) is 11.3 Å². The van der Waals surface area contributed by atoms with Crippen LogP contribution in [-0.4, -0.2) is 34.3 Å². The predicted molar refractivity (Wildman–Crippen MR) is 91.2 cm³/mol. The van der Waals surface area contributed by atoms with E-state index in [1.54, 1.807) is 0 Å². The van der Waals surface area contributed by atoms with Gasteiger partial charge in [-0.2, -0.15) is 0 Å². The van der Waals surface area contributed by atoms with Crippen LogP contribution >= 0.6 is 11.3 Å². The number of thiophene rings is 1. The van der Waals surface area contributed by atoms with E-state index in [2.05, 4.69) is 0 Å². The number of aryl methyl sites for hydroxylation is 1. The van der Waals surface area contributed by atoms with Crippen LogP contribution in [0, 0.1) is 0 Å². The molecule has 0 unspecified atom stereocenters. The zero-order chi connectivity index (χ0) is 16.1. The van der Waals surface area contributed by atoms with Gasteiger partial charge in [0.15, 0.2) is 0 Å². The zero-order valence-corrected chi connectivity index (χ0v) is 14.2. The van der Waals surface area contributed by atoms with E-state index in [1.807, 2.05) is 29.8 Å². The van der Waals surface area contributed by atoms with Crippen LogP contribution in [-0.2, 0) is 19.4 Å². The van der Waals surface area contributed by atoms with Crippen LogP contribution in [0.4, 0.5) is 0 Å². The van der Waals surface area contributed by atoms with E-state index in [1.165, 1.54) is 11.3 Å². The number of fused-ring (bicyclic) bond motifs is 4. The smallest absolute Gasteiger partial charge is 0.262 e. The van der Waals surface area contributed by atoms with Gasteiger partial charge in [-0.15, -0.1) is 11.3 Å². The second-order valence-corrected chi connectivity index (χ2v) is 7.51. The topological polar surface area (TPSA) is 55.2 Å². The van der Waals surface area contributed by atoms with Crippen LogP contribution in [0.15, 0.2) is 16.6 Å². The van der Waals surface area contributed by atoms with Gasteiger partial charge in [0, 0.05) is 45.3 Å². The second-order valence-electron chi connectivity index (χ2n) is 6.51. The first-order valence-corrected chi connectivity index (χ1v) is 8.85. The van der Waals surface area contributed by atoms with Gasteiger partial charge in [0.2, 0.25) is 5.78 Å². The van der Waals surface area contributed by atoms with Gasteiger partial charge in [-0.1, -0.05) is 6.42 Å². The number of rotatable bonds is 1. The molecule has 5 nitrogen and oxygen atoms in total. The molecule has 4 rings (SSSR count). The van der Waals surface area contributed by atoms with Gasteiger partial charge in [0.05, 0.1) is 10.3 Å². The molecule has 2 aliphatic rings. The van der Waals surface area contributed by atoms with Crippen molar-refractivity contribution in [1.82, 2.24) is 14.5 Å². The molecule has 1 aliphatic heterocycles. The number of hydrogen-bond donors (Lipinski definition) is 0. The molecule has 0 amide bonds. The first-order chi connectivity index (χ1) is 11.1.